The van der Waals surface area contributed by atoms with Crippen molar-refractivity contribution in [2.75, 3.05) is 0 Å². The van der Waals surface area contributed by atoms with E-state index in [1.165, 1.54) is 0 Å². The minimum absolute atomic E-state index is 0.258. The van der Waals surface area contributed by atoms with E-state index in [2.05, 4.69) is 0 Å². The number of halogens is 4. The van der Waals surface area contributed by atoms with E-state index in [4.69, 9.17) is 43.3 Å². The van der Waals surface area contributed by atoms with Crippen molar-refractivity contribution in [2.45, 2.75) is 23.0 Å². The van der Waals surface area contributed by atoms with Gasteiger partial charge in [0.25, 0.3) is 0 Å². The van der Waals surface area contributed by atoms with Gasteiger partial charge in [0.15, 0.2) is 0 Å². The Bertz CT molecular complexity index is 57.6. The van der Waals surface area contributed by atoms with Crippen molar-refractivity contribution in [3.8, 4) is 0 Å². The lowest BCUT2D eigenvalue weighted by Crippen LogP contribution is -1.93. The lowest BCUT2D eigenvalue weighted by molar-refractivity contribution is 0.855. The summed E-state index contributed by atoms with van der Waals surface area (Å²) < 4.78 is 0. The number of rotatable bonds is 4. The minimum atomic E-state index is -1.40. The number of hydrogen-bond donors (Lipinski definition) is 0. The van der Waals surface area contributed by atoms with Crippen LogP contribution in [0, 0.1) is 0 Å². The monoisotopic (exact) mass is 222 g/mol. The van der Waals surface area contributed by atoms with Crippen LogP contribution in [0.1, 0.15) is 12.8 Å². The third-order valence-corrected chi connectivity index (χ3v) is 3.44. The zero-order valence-corrected chi connectivity index (χ0v) is 8.97. The standard InChI is InChI=1S/C4H7Cl2.Al.2ClH/c1-2-3-4(5)6;;;/h4H,1-3H2;;2*1H/q;+2;;/p-2. The quantitative estimate of drug-likeness (QED) is 0.506. The van der Waals surface area contributed by atoms with Crippen LogP contribution in [0.4, 0.5) is 0 Å². The fourth-order valence-corrected chi connectivity index (χ4v) is 2.21. The van der Waals surface area contributed by atoms with Crippen molar-refractivity contribution in [1.29, 1.82) is 0 Å². The topological polar surface area (TPSA) is 0 Å². The lowest BCUT2D eigenvalue weighted by atomic mass is 10.4. The largest absolute Gasteiger partial charge is 0.519 e. The van der Waals surface area contributed by atoms with Gasteiger partial charge in [-0.1, -0.05) is 11.7 Å². The maximum atomic E-state index is 5.58. The Hall–Kier alpha value is 1.69. The van der Waals surface area contributed by atoms with Crippen molar-refractivity contribution in [2.24, 2.45) is 0 Å². The SMILES string of the molecule is ClC(Cl)CC[CH2][Al]([Cl])[Cl]. The molecule has 0 spiro atoms. The van der Waals surface area contributed by atoms with Crippen molar-refractivity contribution in [1.82, 2.24) is 0 Å². The summed E-state index contributed by atoms with van der Waals surface area (Å²) in [5, 5.41) is 0.902. The van der Waals surface area contributed by atoms with Crippen LogP contribution in [-0.4, -0.2) is 17.1 Å². The van der Waals surface area contributed by atoms with Gasteiger partial charge in [0, 0.05) is 0 Å². The van der Waals surface area contributed by atoms with Gasteiger partial charge in [0.2, 0.25) is 0 Å². The summed E-state index contributed by atoms with van der Waals surface area (Å²) in [5.41, 5.74) is 0. The molecule has 0 heterocycles. The second-order valence-electron chi connectivity index (χ2n) is 1.71. The van der Waals surface area contributed by atoms with Gasteiger partial charge in [-0.25, -0.2) is 20.1 Å². The second-order valence-corrected chi connectivity index (χ2v) is 8.18. The van der Waals surface area contributed by atoms with Crippen LogP contribution in [0.2, 0.25) is 5.28 Å². The Balaban J connectivity index is 2.91. The predicted molar refractivity (Wildman–Crippen MR) is 47.0 cm³/mol. The molecule has 0 bridgehead atoms. The molecule has 0 rings (SSSR count). The van der Waals surface area contributed by atoms with E-state index in [1.54, 1.807) is 0 Å². The van der Waals surface area contributed by atoms with E-state index in [0.29, 0.717) is 0 Å². The molecule has 0 aromatic rings. The molecule has 0 amide bonds. The maximum Gasteiger partial charge on any atom is 0.519 e. The highest BCUT2D eigenvalue weighted by molar-refractivity contribution is 7.33. The first-order valence-corrected chi connectivity index (χ1v) is 7.87. The second kappa shape index (κ2) is 6.41. The van der Waals surface area contributed by atoms with Crippen molar-refractivity contribution in [3.63, 3.8) is 0 Å². The predicted octanol–water partition coefficient (Wildman–Crippen LogP) is 3.54. The van der Waals surface area contributed by atoms with E-state index in [-0.39, 0.29) is 4.84 Å². The van der Waals surface area contributed by atoms with Crippen LogP contribution < -0.4 is 0 Å². The highest BCUT2D eigenvalue weighted by Crippen LogP contribution is 2.15. The minimum Gasteiger partial charge on any atom is -0.234 e. The smallest absolute Gasteiger partial charge is 0.234 e. The Kier molecular flexibility index (Phi) is 7.61. The summed E-state index contributed by atoms with van der Waals surface area (Å²) in [7, 11) is 11.2. The van der Waals surface area contributed by atoms with Crippen LogP contribution in [0.25, 0.3) is 0 Å². The van der Waals surface area contributed by atoms with Crippen LogP contribution >= 0.6 is 43.3 Å². The molecule has 0 saturated heterocycles. The number of hydrogen-bond acceptors (Lipinski definition) is 0. The van der Waals surface area contributed by atoms with E-state index < -0.39 is 12.3 Å². The fourth-order valence-electron chi connectivity index (χ4n) is 0.426. The molecule has 0 aromatic carbocycles. The van der Waals surface area contributed by atoms with Gasteiger partial charge < -0.3 is 0 Å². The zero-order chi connectivity index (χ0) is 7.28. The van der Waals surface area contributed by atoms with Crippen molar-refractivity contribution in [3.05, 3.63) is 0 Å². The normalized spacial score (nSPS) is 10.3. The molecule has 5 heteroatoms. The molecular weight excluding hydrogens is 217 g/mol. The average molecular weight is 224 g/mol. The van der Waals surface area contributed by atoms with Gasteiger partial charge >= 0.3 is 12.3 Å². The first-order valence-electron chi connectivity index (χ1n) is 2.69. The van der Waals surface area contributed by atoms with Crippen LogP contribution in [0.3, 0.4) is 0 Å². The molecule has 0 saturated carbocycles. The van der Waals surface area contributed by atoms with Gasteiger partial charge in [-0.05, 0) is 6.42 Å². The molecule has 0 aliphatic rings. The summed E-state index contributed by atoms with van der Waals surface area (Å²) in [4.78, 5) is -0.258. The Labute approximate surface area is 78.2 Å². The molecule has 0 fully saturated rings. The summed E-state index contributed by atoms with van der Waals surface area (Å²) in [6, 6.07) is 0. The summed E-state index contributed by atoms with van der Waals surface area (Å²) in [5.74, 6) is 0. The highest BCUT2D eigenvalue weighted by atomic mass is 35.7. The van der Waals surface area contributed by atoms with Crippen LogP contribution in [0.5, 0.6) is 0 Å². The summed E-state index contributed by atoms with van der Waals surface area (Å²) >= 11 is 9.51. The molecule has 0 atom stereocenters. The lowest BCUT2D eigenvalue weighted by Gasteiger charge is -1.97. The van der Waals surface area contributed by atoms with Crippen LogP contribution in [0.15, 0.2) is 0 Å². The van der Waals surface area contributed by atoms with E-state index >= 15 is 0 Å². The summed E-state index contributed by atoms with van der Waals surface area (Å²) in [6.45, 7) is 0. The molecule has 0 aliphatic heterocycles. The van der Waals surface area contributed by atoms with Gasteiger partial charge in [0.1, 0.15) is 4.84 Å². The maximum absolute atomic E-state index is 5.58. The molecule has 0 N–H and O–H groups in total. The highest BCUT2D eigenvalue weighted by Gasteiger charge is 2.10. The third kappa shape index (κ3) is 9.69. The van der Waals surface area contributed by atoms with Gasteiger partial charge in [-0.2, -0.15) is 0 Å². The van der Waals surface area contributed by atoms with E-state index in [0.717, 1.165) is 18.1 Å². The van der Waals surface area contributed by atoms with Gasteiger partial charge in [-0.15, -0.1) is 23.2 Å². The molecule has 0 nitrogen and oxygen atoms in total. The Morgan fingerprint density at radius 3 is 2.11 bits per heavy atom. The summed E-state index contributed by atoms with van der Waals surface area (Å²) in [6.07, 6.45) is 1.74. The van der Waals surface area contributed by atoms with Crippen LogP contribution in [-0.2, 0) is 0 Å². The average Bonchev–Trinajstić information content (AvgIpc) is 1.63. The first kappa shape index (κ1) is 10.7. The van der Waals surface area contributed by atoms with Gasteiger partial charge in [0.05, 0.1) is 0 Å². The molecule has 9 heavy (non-hydrogen) atoms. The molecule has 0 radical (unpaired) electrons. The molecule has 0 aromatic heterocycles. The molecule has 0 aliphatic carbocycles. The molecular formula is C4H7AlCl4. The zero-order valence-electron chi connectivity index (χ0n) is 4.79. The van der Waals surface area contributed by atoms with E-state index in [1.807, 2.05) is 0 Å². The first-order chi connectivity index (χ1) is 4.13. The number of alkyl halides is 2. The molecule has 54 valence electrons. The Morgan fingerprint density at radius 1 is 1.22 bits per heavy atom. The van der Waals surface area contributed by atoms with Gasteiger partial charge in [-0.3, -0.25) is 0 Å². The fraction of sp³-hybridized carbons (Fsp3) is 1.00. The molecule has 0 unspecified atom stereocenters. The Morgan fingerprint density at radius 2 is 1.78 bits per heavy atom. The van der Waals surface area contributed by atoms with E-state index in [9.17, 15) is 0 Å². The van der Waals surface area contributed by atoms with Crippen molar-refractivity contribution < 1.29 is 0 Å². The van der Waals surface area contributed by atoms with Crippen molar-refractivity contribution >= 4 is 55.6 Å². The third-order valence-electron chi connectivity index (χ3n) is 0.845.